The van der Waals surface area contributed by atoms with Gasteiger partial charge in [-0.05, 0) is 36.8 Å². The highest BCUT2D eigenvalue weighted by atomic mass is 14.0. The van der Waals surface area contributed by atoms with Crippen LogP contribution >= 0.6 is 0 Å². The van der Waals surface area contributed by atoms with E-state index in [1.807, 2.05) is 6.07 Å². The average Bonchev–Trinajstić information content (AvgIpc) is 2.45. The van der Waals surface area contributed by atoms with Gasteiger partial charge in [-0.1, -0.05) is 72.8 Å². The Labute approximate surface area is 110 Å². The van der Waals surface area contributed by atoms with Crippen LogP contribution in [0.1, 0.15) is 24.0 Å². The molecule has 2 aromatic carbocycles. The van der Waals surface area contributed by atoms with Crippen molar-refractivity contribution in [1.82, 2.24) is 0 Å². The van der Waals surface area contributed by atoms with Crippen molar-refractivity contribution in [2.75, 3.05) is 0 Å². The Morgan fingerprint density at radius 2 is 1.44 bits per heavy atom. The summed E-state index contributed by atoms with van der Waals surface area (Å²) in [6, 6.07) is 21.1. The molecular weight excluding hydrogens is 216 g/mol. The number of allylic oxidation sites excluding steroid dienone is 1. The molecule has 0 bridgehead atoms. The molecule has 0 nitrogen and oxygen atoms in total. The molecule has 0 heteroatoms. The number of hydrogen-bond donors (Lipinski definition) is 0. The molecule has 0 spiro atoms. The molecule has 0 heterocycles. The lowest BCUT2D eigenvalue weighted by Gasteiger charge is -1.99. The van der Waals surface area contributed by atoms with Crippen molar-refractivity contribution in [3.8, 4) is 0 Å². The Kier molecular flexibility index (Phi) is 5.26. The molecule has 2 aromatic rings. The van der Waals surface area contributed by atoms with Gasteiger partial charge in [0.1, 0.15) is 0 Å². The van der Waals surface area contributed by atoms with Gasteiger partial charge in [0.25, 0.3) is 0 Å². The Morgan fingerprint density at radius 1 is 0.778 bits per heavy atom. The second kappa shape index (κ2) is 7.50. The van der Waals surface area contributed by atoms with Crippen LogP contribution < -0.4 is 0 Å². The predicted octanol–water partition coefficient (Wildman–Crippen LogP) is 4.93. The molecule has 0 saturated heterocycles. The number of benzene rings is 2. The second-order valence-corrected chi connectivity index (χ2v) is 4.38. The molecule has 2 rings (SSSR count). The molecule has 0 aliphatic heterocycles. The van der Waals surface area contributed by atoms with E-state index in [1.165, 1.54) is 17.5 Å². The molecule has 0 aliphatic rings. The monoisotopic (exact) mass is 235 g/mol. The summed E-state index contributed by atoms with van der Waals surface area (Å²) in [5.74, 6) is 0. The fourth-order valence-electron chi connectivity index (χ4n) is 1.91. The minimum atomic E-state index is 1.14. The van der Waals surface area contributed by atoms with Gasteiger partial charge in [0.15, 0.2) is 0 Å². The zero-order valence-electron chi connectivity index (χ0n) is 10.6. The maximum Gasteiger partial charge on any atom is -0.0167 e. The molecule has 0 aliphatic carbocycles. The third-order valence-corrected chi connectivity index (χ3v) is 2.90. The van der Waals surface area contributed by atoms with Gasteiger partial charge in [-0.15, -0.1) is 0 Å². The number of unbranched alkanes of at least 4 members (excludes halogenated alkanes) is 2. The molecular formula is C18H19. The molecule has 0 unspecified atom stereocenters. The van der Waals surface area contributed by atoms with Crippen molar-refractivity contribution < 1.29 is 0 Å². The Morgan fingerprint density at radius 3 is 2.17 bits per heavy atom. The molecule has 0 amide bonds. The van der Waals surface area contributed by atoms with E-state index in [2.05, 4.69) is 73.2 Å². The van der Waals surface area contributed by atoms with Crippen LogP contribution in [0.2, 0.25) is 0 Å². The fraction of sp³-hybridized carbons (Fsp3) is 0.167. The van der Waals surface area contributed by atoms with Gasteiger partial charge < -0.3 is 0 Å². The first-order chi connectivity index (χ1) is 8.95. The lowest BCUT2D eigenvalue weighted by Crippen LogP contribution is -1.84. The largest absolute Gasteiger partial charge is 0.0802 e. The zero-order valence-corrected chi connectivity index (χ0v) is 10.6. The summed E-state index contributed by atoms with van der Waals surface area (Å²) in [6.45, 7) is 0. The Balaban J connectivity index is 1.63. The first-order valence-electron chi connectivity index (χ1n) is 6.54. The van der Waals surface area contributed by atoms with E-state index in [4.69, 9.17) is 0 Å². The molecule has 1 radical (unpaired) electrons. The summed E-state index contributed by atoms with van der Waals surface area (Å²) in [7, 11) is 0. The SMILES string of the molecule is [CH](C=Cc1ccccc1)CCCc1ccccc1. The summed E-state index contributed by atoms with van der Waals surface area (Å²) in [4.78, 5) is 0. The molecule has 0 N–H and O–H groups in total. The van der Waals surface area contributed by atoms with Crippen LogP contribution in [0.3, 0.4) is 0 Å². The second-order valence-electron chi connectivity index (χ2n) is 4.38. The van der Waals surface area contributed by atoms with Crippen LogP contribution in [0.4, 0.5) is 0 Å². The standard InChI is InChI=1S/C18H19/c1(5-11-17-13-7-3-8-14-17)2-6-12-18-15-9-4-10-16-18/h1,3-5,7-11,13-16H,2,6,12H2. The van der Waals surface area contributed by atoms with Gasteiger partial charge in [-0.2, -0.15) is 0 Å². The van der Waals surface area contributed by atoms with Crippen molar-refractivity contribution in [1.29, 1.82) is 0 Å². The highest BCUT2D eigenvalue weighted by Crippen LogP contribution is 2.07. The van der Waals surface area contributed by atoms with Crippen LogP contribution in [-0.2, 0) is 6.42 Å². The minimum Gasteiger partial charge on any atom is -0.0802 e. The molecule has 0 aromatic heterocycles. The van der Waals surface area contributed by atoms with E-state index in [1.54, 1.807) is 0 Å². The molecule has 0 saturated carbocycles. The third kappa shape index (κ3) is 4.58. The average molecular weight is 235 g/mol. The van der Waals surface area contributed by atoms with Crippen LogP contribution in [-0.4, -0.2) is 0 Å². The number of aryl methyl sites for hydroxylation is 1. The first kappa shape index (κ1) is 12.6. The quantitative estimate of drug-likeness (QED) is 0.623. The normalized spacial score (nSPS) is 10.9. The van der Waals surface area contributed by atoms with Gasteiger partial charge in [-0.3, -0.25) is 0 Å². The van der Waals surface area contributed by atoms with E-state index in [9.17, 15) is 0 Å². The summed E-state index contributed by atoms with van der Waals surface area (Å²) < 4.78 is 0. The van der Waals surface area contributed by atoms with Crippen molar-refractivity contribution in [2.45, 2.75) is 19.3 Å². The van der Waals surface area contributed by atoms with Gasteiger partial charge in [0, 0.05) is 0 Å². The molecule has 0 fully saturated rings. The number of rotatable bonds is 6. The van der Waals surface area contributed by atoms with Crippen molar-refractivity contribution >= 4 is 6.08 Å². The summed E-state index contributed by atoms with van der Waals surface area (Å²) in [5, 5.41) is 0. The molecule has 91 valence electrons. The van der Waals surface area contributed by atoms with Crippen LogP contribution in [0.15, 0.2) is 66.7 Å². The van der Waals surface area contributed by atoms with E-state index < -0.39 is 0 Å². The highest BCUT2D eigenvalue weighted by Gasteiger charge is 1.91. The highest BCUT2D eigenvalue weighted by molar-refractivity contribution is 5.49. The zero-order chi connectivity index (χ0) is 12.5. The van der Waals surface area contributed by atoms with Crippen LogP contribution in [0.5, 0.6) is 0 Å². The summed E-state index contributed by atoms with van der Waals surface area (Å²) in [5.41, 5.74) is 2.69. The van der Waals surface area contributed by atoms with E-state index in [0.29, 0.717) is 0 Å². The fourth-order valence-corrected chi connectivity index (χ4v) is 1.91. The smallest absolute Gasteiger partial charge is 0.0167 e. The molecule has 18 heavy (non-hydrogen) atoms. The summed E-state index contributed by atoms with van der Waals surface area (Å²) >= 11 is 0. The Bertz CT molecular complexity index is 454. The van der Waals surface area contributed by atoms with Gasteiger partial charge >= 0.3 is 0 Å². The maximum atomic E-state index is 2.25. The number of hydrogen-bond acceptors (Lipinski definition) is 0. The van der Waals surface area contributed by atoms with Crippen molar-refractivity contribution in [3.05, 3.63) is 84.3 Å². The topological polar surface area (TPSA) is 0 Å². The van der Waals surface area contributed by atoms with E-state index in [0.717, 1.165) is 12.8 Å². The summed E-state index contributed by atoms with van der Waals surface area (Å²) in [6.07, 6.45) is 10.1. The Hall–Kier alpha value is -1.82. The molecule has 0 atom stereocenters. The van der Waals surface area contributed by atoms with Gasteiger partial charge in [-0.25, -0.2) is 0 Å². The van der Waals surface area contributed by atoms with Crippen LogP contribution in [0.25, 0.3) is 6.08 Å². The van der Waals surface area contributed by atoms with Gasteiger partial charge in [0.2, 0.25) is 0 Å². The maximum absolute atomic E-state index is 2.25. The van der Waals surface area contributed by atoms with Crippen LogP contribution in [0, 0.1) is 6.42 Å². The van der Waals surface area contributed by atoms with Crippen molar-refractivity contribution in [3.63, 3.8) is 0 Å². The third-order valence-electron chi connectivity index (χ3n) is 2.90. The predicted molar refractivity (Wildman–Crippen MR) is 79.2 cm³/mol. The minimum absolute atomic E-state index is 1.14. The van der Waals surface area contributed by atoms with Crippen molar-refractivity contribution in [2.24, 2.45) is 0 Å². The van der Waals surface area contributed by atoms with E-state index >= 15 is 0 Å². The van der Waals surface area contributed by atoms with E-state index in [-0.39, 0.29) is 0 Å². The lowest BCUT2D eigenvalue weighted by molar-refractivity contribution is 0.821. The first-order valence-corrected chi connectivity index (χ1v) is 6.54. The van der Waals surface area contributed by atoms with Gasteiger partial charge in [0.05, 0.1) is 0 Å². The lowest BCUT2D eigenvalue weighted by atomic mass is 10.1.